The van der Waals surface area contributed by atoms with Crippen LogP contribution in [-0.2, 0) is 11.2 Å². The third-order valence-corrected chi connectivity index (χ3v) is 6.26. The highest BCUT2D eigenvalue weighted by molar-refractivity contribution is 6.01. The minimum Gasteiger partial charge on any atom is -0.342 e. The quantitative estimate of drug-likeness (QED) is 0.763. The van der Waals surface area contributed by atoms with Gasteiger partial charge in [0.05, 0.1) is 12.5 Å². The molecule has 4 heteroatoms. The van der Waals surface area contributed by atoms with E-state index in [1.165, 1.54) is 5.56 Å². The lowest BCUT2D eigenvalue weighted by Crippen LogP contribution is -2.49. The summed E-state index contributed by atoms with van der Waals surface area (Å²) in [6.45, 7) is 5.50. The summed E-state index contributed by atoms with van der Waals surface area (Å²) in [4.78, 5) is 22.4. The monoisotopic (exact) mass is 389 g/mol. The zero-order valence-corrected chi connectivity index (χ0v) is 17.3. The Labute approximate surface area is 174 Å². The van der Waals surface area contributed by atoms with Crippen LogP contribution >= 0.6 is 0 Å². The van der Waals surface area contributed by atoms with Gasteiger partial charge in [-0.1, -0.05) is 67.6 Å². The Kier molecular flexibility index (Phi) is 6.28. The SMILES string of the molecule is CCC(C(=O)N1CCN=C1N1CCC(Cc2ccccc2)CC1)c1ccccc1. The average Bonchev–Trinajstić information content (AvgIpc) is 3.26. The van der Waals surface area contributed by atoms with Crippen molar-refractivity contribution in [3.63, 3.8) is 0 Å². The Balaban J connectivity index is 1.38. The highest BCUT2D eigenvalue weighted by Crippen LogP contribution is 2.26. The Morgan fingerprint density at radius 3 is 2.31 bits per heavy atom. The molecule has 152 valence electrons. The molecule has 2 aliphatic heterocycles. The van der Waals surface area contributed by atoms with Gasteiger partial charge in [-0.05, 0) is 42.7 Å². The number of guanidine groups is 1. The van der Waals surface area contributed by atoms with Crippen LogP contribution in [0.2, 0.25) is 0 Å². The summed E-state index contributed by atoms with van der Waals surface area (Å²) in [5.74, 6) is 1.73. The summed E-state index contributed by atoms with van der Waals surface area (Å²) in [5, 5.41) is 0. The maximum atomic E-state index is 13.4. The molecule has 4 nitrogen and oxygen atoms in total. The zero-order chi connectivity index (χ0) is 20.1. The molecule has 2 aliphatic rings. The van der Waals surface area contributed by atoms with Gasteiger partial charge in [-0.3, -0.25) is 14.7 Å². The van der Waals surface area contributed by atoms with Gasteiger partial charge in [-0.15, -0.1) is 0 Å². The molecule has 1 saturated heterocycles. The number of piperidine rings is 1. The first kappa shape index (κ1) is 19.7. The largest absolute Gasteiger partial charge is 0.342 e. The van der Waals surface area contributed by atoms with Crippen LogP contribution in [0.1, 0.15) is 43.2 Å². The Hall–Kier alpha value is -2.62. The van der Waals surface area contributed by atoms with Gasteiger partial charge in [0, 0.05) is 19.6 Å². The molecule has 1 amide bonds. The van der Waals surface area contributed by atoms with E-state index in [1.807, 2.05) is 23.1 Å². The van der Waals surface area contributed by atoms with Crippen molar-refractivity contribution >= 4 is 11.9 Å². The minimum atomic E-state index is -0.0879. The summed E-state index contributed by atoms with van der Waals surface area (Å²) in [6.07, 6.45) is 4.28. The second-order valence-corrected chi connectivity index (χ2v) is 8.16. The van der Waals surface area contributed by atoms with E-state index in [4.69, 9.17) is 4.99 Å². The molecule has 1 unspecified atom stereocenters. The number of nitrogens with zero attached hydrogens (tertiary/aromatic N) is 3. The van der Waals surface area contributed by atoms with Crippen LogP contribution in [0.5, 0.6) is 0 Å². The number of hydrogen-bond donors (Lipinski definition) is 0. The van der Waals surface area contributed by atoms with Crippen LogP contribution < -0.4 is 0 Å². The maximum Gasteiger partial charge on any atom is 0.236 e. The molecule has 0 spiro atoms. The van der Waals surface area contributed by atoms with Crippen molar-refractivity contribution in [2.75, 3.05) is 26.2 Å². The lowest BCUT2D eigenvalue weighted by Gasteiger charge is -2.36. The molecule has 0 radical (unpaired) electrons. The van der Waals surface area contributed by atoms with E-state index in [0.717, 1.165) is 56.8 Å². The van der Waals surface area contributed by atoms with E-state index in [0.29, 0.717) is 12.5 Å². The van der Waals surface area contributed by atoms with E-state index in [-0.39, 0.29) is 11.8 Å². The number of carbonyl (C=O) groups is 1. The molecule has 1 fully saturated rings. The number of carbonyl (C=O) groups excluding carboxylic acids is 1. The summed E-state index contributed by atoms with van der Waals surface area (Å²) < 4.78 is 0. The molecular weight excluding hydrogens is 358 g/mol. The maximum absolute atomic E-state index is 13.4. The number of rotatable bonds is 5. The van der Waals surface area contributed by atoms with Gasteiger partial charge in [0.15, 0.2) is 0 Å². The van der Waals surface area contributed by atoms with Crippen molar-refractivity contribution in [3.8, 4) is 0 Å². The standard InChI is InChI=1S/C25H31N3O/c1-2-23(22-11-7-4-8-12-22)24(29)28-18-15-26-25(28)27-16-13-21(14-17-27)19-20-9-5-3-6-10-20/h3-12,21,23H,2,13-19H2,1H3. The van der Waals surface area contributed by atoms with Crippen LogP contribution in [0.25, 0.3) is 0 Å². The second-order valence-electron chi connectivity index (χ2n) is 8.16. The van der Waals surface area contributed by atoms with Gasteiger partial charge >= 0.3 is 0 Å². The van der Waals surface area contributed by atoms with Crippen molar-refractivity contribution < 1.29 is 4.79 Å². The molecule has 0 bridgehead atoms. The molecule has 2 aromatic rings. The molecule has 4 rings (SSSR count). The van der Waals surface area contributed by atoms with E-state index in [9.17, 15) is 4.79 Å². The summed E-state index contributed by atoms with van der Waals surface area (Å²) in [6, 6.07) is 20.9. The third-order valence-electron chi connectivity index (χ3n) is 6.26. The summed E-state index contributed by atoms with van der Waals surface area (Å²) in [7, 11) is 0. The fraction of sp³-hybridized carbons (Fsp3) is 0.440. The minimum absolute atomic E-state index is 0.0879. The van der Waals surface area contributed by atoms with Gasteiger partial charge in [0.2, 0.25) is 11.9 Å². The first-order valence-electron chi connectivity index (χ1n) is 11.0. The molecule has 2 aromatic carbocycles. The number of likely N-dealkylation sites (tertiary alicyclic amines) is 1. The molecule has 0 aromatic heterocycles. The molecule has 0 N–H and O–H groups in total. The molecule has 1 atom stereocenters. The lowest BCUT2D eigenvalue weighted by atomic mass is 9.90. The van der Waals surface area contributed by atoms with Crippen LogP contribution in [0.3, 0.4) is 0 Å². The summed E-state index contributed by atoms with van der Waals surface area (Å²) >= 11 is 0. The van der Waals surface area contributed by atoms with Crippen LogP contribution in [-0.4, -0.2) is 47.8 Å². The topological polar surface area (TPSA) is 35.9 Å². The fourth-order valence-corrected chi connectivity index (χ4v) is 4.63. The van der Waals surface area contributed by atoms with Gasteiger partial charge < -0.3 is 4.90 Å². The summed E-state index contributed by atoms with van der Waals surface area (Å²) in [5.41, 5.74) is 2.53. The van der Waals surface area contributed by atoms with Crippen molar-refractivity contribution in [3.05, 3.63) is 71.8 Å². The predicted molar refractivity (Wildman–Crippen MR) is 118 cm³/mol. The van der Waals surface area contributed by atoms with Crippen molar-refractivity contribution in [1.29, 1.82) is 0 Å². The number of aliphatic imine (C=N–C) groups is 1. The average molecular weight is 390 g/mol. The van der Waals surface area contributed by atoms with E-state index in [1.54, 1.807) is 0 Å². The highest BCUT2D eigenvalue weighted by atomic mass is 16.2. The number of hydrogen-bond acceptors (Lipinski definition) is 3. The molecule has 0 aliphatic carbocycles. The van der Waals surface area contributed by atoms with E-state index >= 15 is 0 Å². The molecular formula is C25H31N3O. The first-order valence-corrected chi connectivity index (χ1v) is 11.0. The van der Waals surface area contributed by atoms with Crippen molar-refractivity contribution in [1.82, 2.24) is 9.80 Å². The Morgan fingerprint density at radius 2 is 1.66 bits per heavy atom. The Bertz CT molecular complexity index is 826. The van der Waals surface area contributed by atoms with Crippen LogP contribution in [0.15, 0.2) is 65.7 Å². The lowest BCUT2D eigenvalue weighted by molar-refractivity contribution is -0.129. The second kappa shape index (κ2) is 9.25. The predicted octanol–water partition coefficient (Wildman–Crippen LogP) is 4.33. The van der Waals surface area contributed by atoms with Gasteiger partial charge in [-0.25, -0.2) is 0 Å². The Morgan fingerprint density at radius 1 is 1.00 bits per heavy atom. The molecule has 2 heterocycles. The smallest absolute Gasteiger partial charge is 0.236 e. The van der Waals surface area contributed by atoms with Crippen molar-refractivity contribution in [2.24, 2.45) is 10.9 Å². The number of amides is 1. The van der Waals surface area contributed by atoms with Crippen LogP contribution in [0.4, 0.5) is 0 Å². The van der Waals surface area contributed by atoms with E-state index in [2.05, 4.69) is 54.3 Å². The normalized spacial score (nSPS) is 18.6. The van der Waals surface area contributed by atoms with Crippen molar-refractivity contribution in [2.45, 2.75) is 38.5 Å². The molecule has 0 saturated carbocycles. The fourth-order valence-electron chi connectivity index (χ4n) is 4.63. The third kappa shape index (κ3) is 4.52. The van der Waals surface area contributed by atoms with Gasteiger partial charge in [-0.2, -0.15) is 0 Å². The zero-order valence-electron chi connectivity index (χ0n) is 17.3. The van der Waals surface area contributed by atoms with E-state index < -0.39 is 0 Å². The van der Waals surface area contributed by atoms with Crippen LogP contribution in [0, 0.1) is 5.92 Å². The highest BCUT2D eigenvalue weighted by Gasteiger charge is 2.34. The van der Waals surface area contributed by atoms with Gasteiger partial charge in [0.25, 0.3) is 0 Å². The number of benzene rings is 2. The molecule has 29 heavy (non-hydrogen) atoms. The first-order chi connectivity index (χ1) is 14.3. The van der Waals surface area contributed by atoms with Gasteiger partial charge in [0.1, 0.15) is 0 Å².